The predicted octanol–water partition coefficient (Wildman–Crippen LogP) is 4.15. The number of fused-ring (bicyclic) bond motifs is 1. The molecule has 26 heteroatoms. The van der Waals surface area contributed by atoms with Gasteiger partial charge in [0.2, 0.25) is 11.8 Å². The Hall–Kier alpha value is -5.63. The van der Waals surface area contributed by atoms with Crippen LogP contribution in [0.2, 0.25) is 0 Å². The minimum absolute atomic E-state index is 0.0188. The van der Waals surface area contributed by atoms with Crippen LogP contribution in [-0.4, -0.2) is 144 Å². The molecule has 1 saturated heterocycles. The number of likely N-dealkylation sites (tertiary alicyclic amines) is 1. The van der Waals surface area contributed by atoms with E-state index in [1.807, 2.05) is 40.3 Å². The third-order valence-electron chi connectivity index (χ3n) is 8.05. The van der Waals surface area contributed by atoms with Crippen LogP contribution < -0.4 is 11.1 Å². The Kier molecular flexibility index (Phi) is 21.5. The molecule has 1 aliphatic rings. The maximum atomic E-state index is 13.3. The predicted molar refractivity (Wildman–Crippen MR) is 198 cm³/mol. The second-order valence-electron chi connectivity index (χ2n) is 12.7. The van der Waals surface area contributed by atoms with Crippen LogP contribution in [0.25, 0.3) is 10.8 Å². The molecule has 8 N–H and O–H groups in total. The first-order chi connectivity index (χ1) is 28.2. The van der Waals surface area contributed by atoms with Crippen LogP contribution in [0.4, 0.5) is 39.5 Å². The number of alkyl halides is 9. The lowest BCUT2D eigenvalue weighted by molar-refractivity contribution is -0.193. The zero-order valence-electron chi connectivity index (χ0n) is 31.8. The topological polar surface area (TPSA) is 257 Å². The number of carbonyl (C=O) groups excluding carboxylic acids is 2. The number of imidazole rings is 1. The number of nitrogens with two attached hydrogens (primary N) is 1. The van der Waals surface area contributed by atoms with E-state index in [9.17, 15) is 59.0 Å². The highest BCUT2D eigenvalue weighted by Gasteiger charge is 2.39. The van der Waals surface area contributed by atoms with Crippen molar-refractivity contribution >= 4 is 58.2 Å². The number of halogens is 9. The van der Waals surface area contributed by atoms with Gasteiger partial charge in [-0.1, -0.05) is 42.5 Å². The van der Waals surface area contributed by atoms with Crippen molar-refractivity contribution in [2.24, 2.45) is 5.73 Å². The number of nitrogens with zero attached hydrogens (tertiary/aromatic N) is 3. The highest BCUT2D eigenvalue weighted by atomic mass is 32.2. The first kappa shape index (κ1) is 53.4. The fraction of sp³-hybridized carbons (Fsp3) is 0.457. The summed E-state index contributed by atoms with van der Waals surface area (Å²) in [6.07, 6.45) is -7.72. The van der Waals surface area contributed by atoms with Crippen molar-refractivity contribution in [2.75, 3.05) is 31.6 Å². The number of amides is 2. The van der Waals surface area contributed by atoms with Crippen LogP contribution in [0.5, 0.6) is 0 Å². The van der Waals surface area contributed by atoms with Crippen LogP contribution >= 0.6 is 11.8 Å². The third-order valence-corrected chi connectivity index (χ3v) is 8.70. The Bertz CT molecular complexity index is 1840. The average Bonchev–Trinajstić information content (AvgIpc) is 3.85. The van der Waals surface area contributed by atoms with E-state index >= 15 is 0 Å². The number of carbonyl (C=O) groups is 6. The van der Waals surface area contributed by atoms with Gasteiger partial charge in [0.05, 0.1) is 18.9 Å². The molecule has 1 aliphatic heterocycles. The van der Waals surface area contributed by atoms with Gasteiger partial charge in [-0.2, -0.15) is 51.3 Å². The molecule has 4 rings (SSSR count). The van der Waals surface area contributed by atoms with Crippen LogP contribution in [0.1, 0.15) is 30.5 Å². The normalized spacial score (nSPS) is 14.9. The summed E-state index contributed by atoms with van der Waals surface area (Å²) in [5.41, 5.74) is 8.17. The molecule has 3 aromatic rings. The fourth-order valence-corrected chi connectivity index (χ4v) is 5.81. The molecule has 0 radical (unpaired) electrons. The molecule has 1 aromatic heterocycles. The molecule has 16 nitrogen and oxygen atoms in total. The first-order valence-electron chi connectivity index (χ1n) is 17.3. The summed E-state index contributed by atoms with van der Waals surface area (Å²) >= 11 is 1.54. The van der Waals surface area contributed by atoms with Gasteiger partial charge in [0.15, 0.2) is 0 Å². The molecule has 2 heterocycles. The van der Waals surface area contributed by atoms with Crippen molar-refractivity contribution in [3.05, 3.63) is 66.2 Å². The standard InChI is InChI=1S/C29H38N6O4S.3C2HF3O2/c1-40-13-11-26(29(38)39)33-27(36)18-34(16-21-8-4-7-20-6-2-3-10-24(20)21)17-23-9-5-12-35(23)28(37)25(30)14-22-15-31-19-32-22;3*3-2(4,5)1(6)7/h2-4,6-8,10,15,19,23,25-26H,5,9,11-14,16-18,30H2,1H3,(H,31,32)(H,33,36)(H,38,39);3*(H,6,7)/t23-,25-,26-;;;/m0.../s1. The number of hydrogen-bond donors (Lipinski definition) is 7. The maximum absolute atomic E-state index is 13.3. The van der Waals surface area contributed by atoms with Crippen molar-refractivity contribution in [3.63, 3.8) is 0 Å². The smallest absolute Gasteiger partial charge is 0.480 e. The molecule has 340 valence electrons. The van der Waals surface area contributed by atoms with Crippen molar-refractivity contribution < 1.29 is 88.7 Å². The number of nitrogens with one attached hydrogen (secondary N) is 2. The van der Waals surface area contributed by atoms with Gasteiger partial charge in [0.25, 0.3) is 0 Å². The van der Waals surface area contributed by atoms with Crippen LogP contribution in [-0.2, 0) is 41.7 Å². The van der Waals surface area contributed by atoms with E-state index in [2.05, 4.69) is 33.5 Å². The minimum Gasteiger partial charge on any atom is -0.480 e. The largest absolute Gasteiger partial charge is 0.490 e. The van der Waals surface area contributed by atoms with E-state index in [-0.39, 0.29) is 24.4 Å². The second kappa shape index (κ2) is 24.6. The third kappa shape index (κ3) is 20.0. The molecule has 0 spiro atoms. The zero-order chi connectivity index (χ0) is 46.7. The van der Waals surface area contributed by atoms with Gasteiger partial charge in [0.1, 0.15) is 6.04 Å². The Morgan fingerprint density at radius 2 is 1.44 bits per heavy atom. The Morgan fingerprint density at radius 3 is 1.93 bits per heavy atom. The van der Waals surface area contributed by atoms with E-state index in [1.54, 1.807) is 24.3 Å². The number of benzene rings is 2. The Balaban J connectivity index is 0.000000726. The second-order valence-corrected chi connectivity index (χ2v) is 13.7. The number of hydrogen-bond acceptors (Lipinski definition) is 10. The van der Waals surface area contributed by atoms with Crippen LogP contribution in [0.3, 0.4) is 0 Å². The quantitative estimate of drug-likeness (QED) is 0.112. The number of H-pyrrole nitrogens is 1. The van der Waals surface area contributed by atoms with Gasteiger partial charge in [-0.25, -0.2) is 24.2 Å². The number of thioether (sulfide) groups is 1. The average molecular weight is 909 g/mol. The molecular formula is C35H41F9N6O10S. The van der Waals surface area contributed by atoms with E-state index in [1.165, 1.54) is 0 Å². The molecular weight excluding hydrogens is 867 g/mol. The van der Waals surface area contributed by atoms with Crippen LogP contribution in [0.15, 0.2) is 55.0 Å². The molecule has 0 unspecified atom stereocenters. The van der Waals surface area contributed by atoms with Gasteiger partial charge in [-0.15, -0.1) is 0 Å². The molecule has 1 fully saturated rings. The summed E-state index contributed by atoms with van der Waals surface area (Å²) in [5.74, 6) is -9.14. The monoisotopic (exact) mass is 908 g/mol. The maximum Gasteiger partial charge on any atom is 0.490 e. The molecule has 2 amide bonds. The van der Waals surface area contributed by atoms with Crippen molar-refractivity contribution in [2.45, 2.75) is 68.9 Å². The molecule has 0 aliphatic carbocycles. The molecule has 3 atom stereocenters. The molecule has 0 bridgehead atoms. The number of aliphatic carboxylic acids is 4. The summed E-state index contributed by atoms with van der Waals surface area (Å²) in [4.78, 5) is 75.8. The van der Waals surface area contributed by atoms with Gasteiger partial charge in [-0.05, 0) is 47.6 Å². The molecule has 0 saturated carbocycles. The molecule has 2 aromatic carbocycles. The number of rotatable bonds is 14. The summed E-state index contributed by atoms with van der Waals surface area (Å²) in [5, 5.41) is 35.9. The number of carboxylic acids is 4. The van der Waals surface area contributed by atoms with Gasteiger partial charge >= 0.3 is 42.4 Å². The van der Waals surface area contributed by atoms with Gasteiger partial charge in [0, 0.05) is 44.0 Å². The number of aromatic amines is 1. The fourth-order valence-electron chi connectivity index (χ4n) is 5.34. The number of aromatic nitrogens is 2. The van der Waals surface area contributed by atoms with E-state index in [0.29, 0.717) is 38.2 Å². The highest BCUT2D eigenvalue weighted by Crippen LogP contribution is 2.24. The summed E-state index contributed by atoms with van der Waals surface area (Å²) in [6, 6.07) is 12.5. The Morgan fingerprint density at radius 1 is 0.902 bits per heavy atom. The number of carboxylic acid groups (broad SMARTS) is 4. The van der Waals surface area contributed by atoms with E-state index in [4.69, 9.17) is 35.4 Å². The van der Waals surface area contributed by atoms with Crippen molar-refractivity contribution in [1.29, 1.82) is 0 Å². The lowest BCUT2D eigenvalue weighted by Crippen LogP contribution is -2.51. The summed E-state index contributed by atoms with van der Waals surface area (Å²) < 4.78 is 95.2. The summed E-state index contributed by atoms with van der Waals surface area (Å²) in [7, 11) is 0. The van der Waals surface area contributed by atoms with E-state index < -0.39 is 54.5 Å². The first-order valence-corrected chi connectivity index (χ1v) is 18.7. The van der Waals surface area contributed by atoms with Gasteiger partial charge < -0.3 is 41.4 Å². The van der Waals surface area contributed by atoms with Gasteiger partial charge in [-0.3, -0.25) is 14.5 Å². The van der Waals surface area contributed by atoms with E-state index in [0.717, 1.165) is 34.9 Å². The highest BCUT2D eigenvalue weighted by molar-refractivity contribution is 7.98. The Labute approximate surface area is 344 Å². The lowest BCUT2D eigenvalue weighted by atomic mass is 10.0. The van der Waals surface area contributed by atoms with Crippen molar-refractivity contribution in [1.82, 2.24) is 25.1 Å². The van der Waals surface area contributed by atoms with Crippen LogP contribution in [0, 0.1) is 0 Å². The SMILES string of the molecule is CSCC[C@H](NC(=O)CN(Cc1cccc2ccccc12)C[C@@H]1CCCN1C(=O)[C@@H](N)Cc1cnc[nH]1)C(=O)O.O=C(O)C(F)(F)F.O=C(O)C(F)(F)F.O=C(O)C(F)(F)F. The molecule has 61 heavy (non-hydrogen) atoms. The zero-order valence-corrected chi connectivity index (χ0v) is 32.6. The lowest BCUT2D eigenvalue weighted by Gasteiger charge is -2.32. The minimum atomic E-state index is -5.08. The summed E-state index contributed by atoms with van der Waals surface area (Å²) in [6.45, 7) is 1.59. The van der Waals surface area contributed by atoms with Crippen molar-refractivity contribution in [3.8, 4) is 0 Å².